The van der Waals surface area contributed by atoms with Gasteiger partial charge in [-0.05, 0) is 6.08 Å². The van der Waals surface area contributed by atoms with Crippen LogP contribution in [0.4, 0.5) is 0 Å². The molecule has 0 unspecified atom stereocenters. The number of allylic oxidation sites excluding steroid dienone is 1. The normalized spacial score (nSPS) is 9.81. The monoisotopic (exact) mass is 226 g/mol. The van der Waals surface area contributed by atoms with Crippen molar-refractivity contribution in [3.05, 3.63) is 12.2 Å². The topological polar surface area (TPSA) is 83.6 Å². The van der Waals surface area contributed by atoms with E-state index in [1.165, 1.54) is 7.05 Å². The van der Waals surface area contributed by atoms with Crippen LogP contribution in [0.25, 0.3) is 0 Å². The van der Waals surface area contributed by atoms with Crippen molar-refractivity contribution in [3.63, 3.8) is 0 Å². The Morgan fingerprint density at radius 3 is 2.56 bits per heavy atom. The summed E-state index contributed by atoms with van der Waals surface area (Å²) < 4.78 is 0. The van der Waals surface area contributed by atoms with Crippen molar-refractivity contribution >= 4 is 24.4 Å². The van der Waals surface area contributed by atoms with E-state index in [4.69, 9.17) is 0 Å². The Bertz CT molecular complexity index is 299. The van der Waals surface area contributed by atoms with E-state index in [1.807, 2.05) is 0 Å². The van der Waals surface area contributed by atoms with Crippen LogP contribution in [0, 0.1) is 0 Å². The highest BCUT2D eigenvalue weighted by Crippen LogP contribution is 1.86. The van der Waals surface area contributed by atoms with Crippen LogP contribution in [-0.4, -0.2) is 49.4 Å². The van der Waals surface area contributed by atoms with Crippen molar-refractivity contribution in [2.75, 3.05) is 20.1 Å². The highest BCUT2D eigenvalue weighted by molar-refractivity contribution is 5.93. The van der Waals surface area contributed by atoms with E-state index in [9.17, 15) is 19.2 Å². The summed E-state index contributed by atoms with van der Waals surface area (Å²) in [6.45, 7) is 0.148. The molecule has 0 aliphatic heterocycles. The van der Waals surface area contributed by atoms with Crippen LogP contribution >= 0.6 is 0 Å². The predicted molar refractivity (Wildman–Crippen MR) is 56.5 cm³/mol. The molecule has 16 heavy (non-hydrogen) atoms. The van der Waals surface area contributed by atoms with Gasteiger partial charge in [-0.2, -0.15) is 0 Å². The van der Waals surface area contributed by atoms with Crippen LogP contribution in [-0.2, 0) is 19.2 Å². The van der Waals surface area contributed by atoms with E-state index in [0.717, 1.165) is 17.1 Å². The van der Waals surface area contributed by atoms with Gasteiger partial charge in [0, 0.05) is 26.1 Å². The van der Waals surface area contributed by atoms with Crippen LogP contribution in [0.1, 0.15) is 6.42 Å². The molecule has 0 rings (SSSR count). The molecule has 2 amide bonds. The van der Waals surface area contributed by atoms with E-state index in [0.29, 0.717) is 12.6 Å². The molecule has 1 N–H and O–H groups in total. The standard InChI is InChI=1S/C10H14N2O4/c1-12(10(16)4-2-6-13)8-9(15)11-5-3-7-14/h2,4,6-7H,3,5,8H2,1H3,(H,11,15)/b4-2-. The maximum absolute atomic E-state index is 11.2. The van der Waals surface area contributed by atoms with E-state index in [-0.39, 0.29) is 25.4 Å². The molecule has 0 aromatic heterocycles. The number of hydrogen-bond donors (Lipinski definition) is 1. The summed E-state index contributed by atoms with van der Waals surface area (Å²) in [4.78, 5) is 43.5. The fourth-order valence-corrected chi connectivity index (χ4v) is 0.869. The Morgan fingerprint density at radius 1 is 1.31 bits per heavy atom. The minimum Gasteiger partial charge on any atom is -0.354 e. The van der Waals surface area contributed by atoms with Gasteiger partial charge in [0.2, 0.25) is 11.8 Å². The van der Waals surface area contributed by atoms with Crippen LogP contribution in [0.3, 0.4) is 0 Å². The van der Waals surface area contributed by atoms with Gasteiger partial charge in [-0.3, -0.25) is 14.4 Å². The zero-order valence-corrected chi connectivity index (χ0v) is 9.01. The second kappa shape index (κ2) is 8.34. The molecule has 0 bridgehead atoms. The van der Waals surface area contributed by atoms with Gasteiger partial charge in [0.1, 0.15) is 12.6 Å². The Labute approximate surface area is 93.3 Å². The number of likely N-dealkylation sites (N-methyl/N-ethyl adjacent to an activating group) is 1. The van der Waals surface area contributed by atoms with Gasteiger partial charge in [-0.15, -0.1) is 0 Å². The highest BCUT2D eigenvalue weighted by atomic mass is 16.2. The molecule has 0 atom stereocenters. The van der Waals surface area contributed by atoms with E-state index in [1.54, 1.807) is 0 Å². The number of amides is 2. The van der Waals surface area contributed by atoms with Crippen molar-refractivity contribution in [1.29, 1.82) is 0 Å². The Hall–Kier alpha value is -1.98. The number of aldehydes is 2. The van der Waals surface area contributed by atoms with Gasteiger partial charge < -0.3 is 15.0 Å². The third-order valence-corrected chi connectivity index (χ3v) is 1.66. The first-order chi connectivity index (χ1) is 7.61. The van der Waals surface area contributed by atoms with Gasteiger partial charge in [-0.1, -0.05) is 0 Å². The molecule has 0 radical (unpaired) electrons. The average molecular weight is 226 g/mol. The first kappa shape index (κ1) is 14.0. The summed E-state index contributed by atoms with van der Waals surface area (Å²) in [5.41, 5.74) is 0. The first-order valence-electron chi connectivity index (χ1n) is 4.69. The van der Waals surface area contributed by atoms with Crippen LogP contribution < -0.4 is 5.32 Å². The smallest absolute Gasteiger partial charge is 0.246 e. The second-order valence-electron chi connectivity index (χ2n) is 2.99. The largest absolute Gasteiger partial charge is 0.354 e. The lowest BCUT2D eigenvalue weighted by Gasteiger charge is -2.14. The predicted octanol–water partition coefficient (Wildman–Crippen LogP) is -1.09. The molecule has 0 aliphatic rings. The maximum Gasteiger partial charge on any atom is 0.246 e. The number of carbonyl (C=O) groups excluding carboxylic acids is 4. The lowest BCUT2D eigenvalue weighted by atomic mass is 10.4. The number of carbonyl (C=O) groups is 4. The van der Waals surface area contributed by atoms with Gasteiger partial charge in [-0.25, -0.2) is 0 Å². The molecule has 0 spiro atoms. The fourth-order valence-electron chi connectivity index (χ4n) is 0.869. The minimum atomic E-state index is -0.433. The Kier molecular flexibility index (Phi) is 7.31. The van der Waals surface area contributed by atoms with Gasteiger partial charge in [0.25, 0.3) is 0 Å². The van der Waals surface area contributed by atoms with Crippen LogP contribution in [0.5, 0.6) is 0 Å². The van der Waals surface area contributed by atoms with Crippen LogP contribution in [0.2, 0.25) is 0 Å². The van der Waals surface area contributed by atoms with Crippen molar-refractivity contribution < 1.29 is 19.2 Å². The van der Waals surface area contributed by atoms with E-state index in [2.05, 4.69) is 5.32 Å². The number of hydrogen-bond acceptors (Lipinski definition) is 4. The highest BCUT2D eigenvalue weighted by Gasteiger charge is 2.09. The first-order valence-corrected chi connectivity index (χ1v) is 4.69. The molecular formula is C10H14N2O4. The SMILES string of the molecule is CN(CC(=O)NCCC=O)C(=O)/C=C\C=O. The lowest BCUT2D eigenvalue weighted by molar-refractivity contribution is -0.131. The molecule has 0 fully saturated rings. The molecule has 6 nitrogen and oxygen atoms in total. The second-order valence-corrected chi connectivity index (χ2v) is 2.99. The summed E-state index contributed by atoms with van der Waals surface area (Å²) >= 11 is 0. The van der Waals surface area contributed by atoms with Gasteiger partial charge >= 0.3 is 0 Å². The van der Waals surface area contributed by atoms with Crippen molar-refractivity contribution in [2.24, 2.45) is 0 Å². The van der Waals surface area contributed by atoms with E-state index < -0.39 is 5.91 Å². The van der Waals surface area contributed by atoms with Gasteiger partial charge in [0.05, 0.1) is 6.54 Å². The molecular weight excluding hydrogens is 212 g/mol. The summed E-state index contributed by atoms with van der Waals surface area (Å²) in [5.74, 6) is -0.783. The molecule has 0 aromatic carbocycles. The molecule has 0 aliphatic carbocycles. The average Bonchev–Trinajstić information content (AvgIpc) is 2.26. The third kappa shape index (κ3) is 6.47. The van der Waals surface area contributed by atoms with Crippen LogP contribution in [0.15, 0.2) is 12.2 Å². The zero-order chi connectivity index (χ0) is 12.4. The molecule has 6 heteroatoms. The Balaban J connectivity index is 3.93. The summed E-state index contributed by atoms with van der Waals surface area (Å²) in [5, 5.41) is 2.47. The maximum atomic E-state index is 11.2. The molecule has 0 saturated heterocycles. The Morgan fingerprint density at radius 2 is 2.00 bits per heavy atom. The molecule has 0 saturated carbocycles. The molecule has 88 valence electrons. The molecule has 0 heterocycles. The summed E-state index contributed by atoms with van der Waals surface area (Å²) in [6, 6.07) is 0. The van der Waals surface area contributed by atoms with Crippen molar-refractivity contribution in [2.45, 2.75) is 6.42 Å². The lowest BCUT2D eigenvalue weighted by Crippen LogP contribution is -2.38. The molecule has 0 aromatic rings. The van der Waals surface area contributed by atoms with Gasteiger partial charge in [0.15, 0.2) is 0 Å². The minimum absolute atomic E-state index is 0.110. The van der Waals surface area contributed by atoms with Crippen molar-refractivity contribution in [1.82, 2.24) is 10.2 Å². The summed E-state index contributed by atoms with van der Waals surface area (Å²) in [6.07, 6.45) is 3.56. The quantitative estimate of drug-likeness (QED) is 0.339. The van der Waals surface area contributed by atoms with E-state index >= 15 is 0 Å². The van der Waals surface area contributed by atoms with Crippen molar-refractivity contribution in [3.8, 4) is 0 Å². The number of nitrogens with one attached hydrogen (secondary N) is 1. The number of rotatable bonds is 7. The zero-order valence-electron chi connectivity index (χ0n) is 9.01. The third-order valence-electron chi connectivity index (χ3n) is 1.66. The number of nitrogens with zero attached hydrogens (tertiary/aromatic N) is 1. The summed E-state index contributed by atoms with van der Waals surface area (Å²) in [7, 11) is 1.44. The fraction of sp³-hybridized carbons (Fsp3) is 0.400.